The molecule has 0 saturated carbocycles. The second-order valence-electron chi connectivity index (χ2n) is 7.14. The summed E-state index contributed by atoms with van der Waals surface area (Å²) in [5.41, 5.74) is 4.43. The van der Waals surface area contributed by atoms with Gasteiger partial charge in [0.1, 0.15) is 12.4 Å². The first kappa shape index (κ1) is 20.3. The van der Waals surface area contributed by atoms with Crippen LogP contribution >= 0.6 is 11.8 Å². The van der Waals surface area contributed by atoms with Gasteiger partial charge < -0.3 is 14.4 Å². The van der Waals surface area contributed by atoms with Crippen LogP contribution < -0.4 is 4.74 Å². The molecule has 0 bridgehead atoms. The zero-order valence-electron chi connectivity index (χ0n) is 17.3. The van der Waals surface area contributed by atoms with Crippen molar-refractivity contribution in [2.75, 3.05) is 6.61 Å². The number of amidine groups is 1. The number of nitrogens with zero attached hydrogens (tertiary/aromatic N) is 2. The molecule has 4 rings (SSSR count). The van der Waals surface area contributed by atoms with Gasteiger partial charge in [-0.15, -0.1) is 0 Å². The molecule has 1 atom stereocenters. The number of thioether (sulfide) groups is 1. The first-order valence-corrected chi connectivity index (χ1v) is 10.8. The summed E-state index contributed by atoms with van der Waals surface area (Å²) in [5, 5.41) is 2.82. The highest BCUT2D eigenvalue weighted by Gasteiger charge is 2.38. The van der Waals surface area contributed by atoms with Gasteiger partial charge in [-0.1, -0.05) is 59.8 Å². The molecule has 0 aromatic heterocycles. The van der Waals surface area contributed by atoms with Crippen molar-refractivity contribution in [1.29, 1.82) is 0 Å². The van der Waals surface area contributed by atoms with Crippen LogP contribution in [0.2, 0.25) is 0 Å². The lowest BCUT2D eigenvalue weighted by molar-refractivity contribution is -0.139. The van der Waals surface area contributed by atoms with Gasteiger partial charge in [-0.25, -0.2) is 9.79 Å². The Kier molecular flexibility index (Phi) is 5.95. The van der Waals surface area contributed by atoms with Crippen molar-refractivity contribution in [2.24, 2.45) is 4.99 Å². The van der Waals surface area contributed by atoms with Gasteiger partial charge in [0.2, 0.25) is 0 Å². The third-order valence-electron chi connectivity index (χ3n) is 5.04. The van der Waals surface area contributed by atoms with E-state index in [2.05, 4.69) is 36.2 Å². The first-order valence-electron chi connectivity index (χ1n) is 9.94. The smallest absolute Gasteiger partial charge is 0.338 e. The summed E-state index contributed by atoms with van der Waals surface area (Å²) in [6.45, 7) is 6.50. The molecule has 6 heteroatoms. The zero-order valence-corrected chi connectivity index (χ0v) is 18.1. The second kappa shape index (κ2) is 8.79. The highest BCUT2D eigenvalue weighted by Crippen LogP contribution is 2.43. The van der Waals surface area contributed by atoms with Gasteiger partial charge in [0.05, 0.1) is 23.9 Å². The lowest BCUT2D eigenvalue weighted by Gasteiger charge is -2.34. The Labute approximate surface area is 181 Å². The fraction of sp³-hybridized carbons (Fsp3) is 0.250. The summed E-state index contributed by atoms with van der Waals surface area (Å²) in [6.07, 6.45) is 1.95. The summed E-state index contributed by atoms with van der Waals surface area (Å²) in [6, 6.07) is 15.8. The Morgan fingerprint density at radius 2 is 1.90 bits per heavy atom. The number of ether oxygens (including phenoxy) is 2. The van der Waals surface area contributed by atoms with E-state index in [1.54, 1.807) is 11.8 Å². The van der Waals surface area contributed by atoms with Crippen LogP contribution in [0.15, 0.2) is 76.4 Å². The second-order valence-corrected chi connectivity index (χ2v) is 8.01. The number of hydrogen-bond donors (Lipinski definition) is 0. The summed E-state index contributed by atoms with van der Waals surface area (Å²) in [7, 11) is 0. The standard InChI is InChI=1S/C24H24N2O3S/c1-4-28-23(27)21-17(3)25-24-26(13-14-30-24)22(21)19-7-5-6-8-20(19)29-15-18-11-9-16(2)10-12-18/h5-14,22H,4,15H2,1-3H3. The molecule has 1 unspecified atom stereocenters. The Bertz CT molecular complexity index is 1040. The molecule has 2 aromatic rings. The fourth-order valence-corrected chi connectivity index (χ4v) is 4.35. The van der Waals surface area contributed by atoms with E-state index >= 15 is 0 Å². The predicted molar refractivity (Wildman–Crippen MR) is 120 cm³/mol. The van der Waals surface area contributed by atoms with E-state index in [0.29, 0.717) is 24.5 Å². The number of benzene rings is 2. The number of aliphatic imine (C=N–C) groups is 1. The molecule has 5 nitrogen and oxygen atoms in total. The lowest BCUT2D eigenvalue weighted by Crippen LogP contribution is -2.34. The van der Waals surface area contributed by atoms with Crippen LogP contribution in [0.5, 0.6) is 5.75 Å². The summed E-state index contributed by atoms with van der Waals surface area (Å²) in [4.78, 5) is 19.5. The van der Waals surface area contributed by atoms with E-state index in [-0.39, 0.29) is 12.0 Å². The average Bonchev–Trinajstić information content (AvgIpc) is 3.21. The molecule has 2 heterocycles. The number of carbonyl (C=O) groups excluding carboxylic acids is 1. The third kappa shape index (κ3) is 4.00. The highest BCUT2D eigenvalue weighted by molar-refractivity contribution is 8.16. The first-order chi connectivity index (χ1) is 14.6. The lowest BCUT2D eigenvalue weighted by atomic mass is 9.94. The third-order valence-corrected chi connectivity index (χ3v) is 5.82. The Morgan fingerprint density at radius 1 is 1.13 bits per heavy atom. The largest absolute Gasteiger partial charge is 0.489 e. The monoisotopic (exact) mass is 420 g/mol. The number of para-hydroxylation sites is 1. The van der Waals surface area contributed by atoms with Crippen molar-refractivity contribution in [3.8, 4) is 5.75 Å². The van der Waals surface area contributed by atoms with Crippen molar-refractivity contribution >= 4 is 22.9 Å². The minimum absolute atomic E-state index is 0.315. The van der Waals surface area contributed by atoms with Gasteiger partial charge in [-0.2, -0.15) is 0 Å². The molecule has 2 aliphatic rings. The number of aryl methyl sites for hydroxylation is 1. The number of esters is 1. The number of fused-ring (bicyclic) bond motifs is 1. The van der Waals surface area contributed by atoms with E-state index in [0.717, 1.165) is 22.0 Å². The molecule has 0 saturated heterocycles. The predicted octanol–water partition coefficient (Wildman–Crippen LogP) is 5.34. The molecule has 2 aromatic carbocycles. The van der Waals surface area contributed by atoms with Crippen LogP contribution in [0.3, 0.4) is 0 Å². The van der Waals surface area contributed by atoms with Crippen LogP contribution in [0.4, 0.5) is 0 Å². The quantitative estimate of drug-likeness (QED) is 0.590. The van der Waals surface area contributed by atoms with Crippen molar-refractivity contribution < 1.29 is 14.3 Å². The summed E-state index contributed by atoms with van der Waals surface area (Å²) in [5.74, 6) is 0.394. The molecule has 154 valence electrons. The van der Waals surface area contributed by atoms with Crippen molar-refractivity contribution in [3.63, 3.8) is 0 Å². The fourth-order valence-electron chi connectivity index (χ4n) is 3.56. The molecule has 0 amide bonds. The Morgan fingerprint density at radius 3 is 2.67 bits per heavy atom. The minimum Gasteiger partial charge on any atom is -0.489 e. The number of carbonyl (C=O) groups is 1. The van der Waals surface area contributed by atoms with Gasteiger partial charge in [0.25, 0.3) is 0 Å². The van der Waals surface area contributed by atoms with Crippen LogP contribution in [-0.4, -0.2) is 22.6 Å². The normalized spacial score (nSPS) is 17.6. The van der Waals surface area contributed by atoms with Crippen LogP contribution in [0.1, 0.15) is 36.6 Å². The SMILES string of the molecule is CCOC(=O)C1=C(C)N=C2SC=CN2C1c1ccccc1OCc1ccc(C)cc1. The molecular formula is C24H24N2O3S. The molecule has 2 aliphatic heterocycles. The van der Waals surface area contributed by atoms with Crippen molar-refractivity contribution in [1.82, 2.24) is 4.90 Å². The van der Waals surface area contributed by atoms with E-state index in [9.17, 15) is 4.79 Å². The molecule has 0 fully saturated rings. The number of hydrogen-bond acceptors (Lipinski definition) is 6. The van der Waals surface area contributed by atoms with Gasteiger partial charge in [0, 0.05) is 11.8 Å². The molecular weight excluding hydrogens is 396 g/mol. The number of rotatable bonds is 6. The van der Waals surface area contributed by atoms with Crippen LogP contribution in [-0.2, 0) is 16.1 Å². The maximum Gasteiger partial charge on any atom is 0.338 e. The molecule has 0 spiro atoms. The molecule has 30 heavy (non-hydrogen) atoms. The van der Waals surface area contributed by atoms with Gasteiger partial charge >= 0.3 is 5.97 Å². The van der Waals surface area contributed by atoms with E-state index in [1.807, 2.05) is 54.6 Å². The van der Waals surface area contributed by atoms with Crippen molar-refractivity contribution in [3.05, 3.63) is 88.1 Å². The van der Waals surface area contributed by atoms with E-state index in [1.165, 1.54) is 5.56 Å². The number of allylic oxidation sites excluding steroid dienone is 1. The zero-order chi connectivity index (χ0) is 21.1. The average molecular weight is 421 g/mol. The van der Waals surface area contributed by atoms with Crippen LogP contribution in [0, 0.1) is 6.92 Å². The molecule has 0 aliphatic carbocycles. The van der Waals surface area contributed by atoms with Crippen LogP contribution in [0.25, 0.3) is 0 Å². The topological polar surface area (TPSA) is 51.1 Å². The van der Waals surface area contributed by atoms with E-state index in [4.69, 9.17) is 9.47 Å². The van der Waals surface area contributed by atoms with E-state index < -0.39 is 0 Å². The minimum atomic E-state index is -0.350. The Hall–Kier alpha value is -2.99. The summed E-state index contributed by atoms with van der Waals surface area (Å²) < 4.78 is 11.6. The van der Waals surface area contributed by atoms with Gasteiger partial charge in [0.15, 0.2) is 5.17 Å². The maximum atomic E-state index is 12.9. The molecule has 0 N–H and O–H groups in total. The van der Waals surface area contributed by atoms with Gasteiger partial charge in [-0.05, 0) is 37.8 Å². The van der Waals surface area contributed by atoms with Crippen molar-refractivity contribution in [2.45, 2.75) is 33.4 Å². The summed E-state index contributed by atoms with van der Waals surface area (Å²) >= 11 is 1.54. The highest BCUT2D eigenvalue weighted by atomic mass is 32.2. The van der Waals surface area contributed by atoms with Gasteiger partial charge in [-0.3, -0.25) is 0 Å². The Balaban J connectivity index is 1.70. The maximum absolute atomic E-state index is 12.9. The molecule has 0 radical (unpaired) electrons.